The smallest absolute Gasteiger partial charge is 0.300 e. The number of nitrogens with zero attached hydrogens (tertiary/aromatic N) is 3. The number of carbonyl (C=O) groups excluding carboxylic acids is 2. The lowest BCUT2D eigenvalue weighted by Gasteiger charge is -2.26. The predicted molar refractivity (Wildman–Crippen MR) is 126 cm³/mol. The summed E-state index contributed by atoms with van der Waals surface area (Å²) >= 11 is 0. The fourth-order valence-electron chi connectivity index (χ4n) is 3.92. The number of rotatable bonds is 4. The summed E-state index contributed by atoms with van der Waals surface area (Å²) in [6.45, 7) is 3.92. The zero-order chi connectivity index (χ0) is 23.0. The highest BCUT2D eigenvalue weighted by atomic mass is 16.3. The summed E-state index contributed by atoms with van der Waals surface area (Å²) in [6.07, 6.45) is 3.22. The van der Waals surface area contributed by atoms with Crippen molar-refractivity contribution in [2.24, 2.45) is 0 Å². The van der Waals surface area contributed by atoms with Crippen molar-refractivity contribution in [1.29, 1.82) is 0 Å². The van der Waals surface area contributed by atoms with Gasteiger partial charge in [-0.05, 0) is 73.0 Å². The summed E-state index contributed by atoms with van der Waals surface area (Å²) in [5, 5.41) is 11.2. The molecule has 4 rings (SSSR count). The number of Topliss-reactive ketones (excluding diaryl/α,β-unsaturated/α-hetero) is 1. The van der Waals surface area contributed by atoms with Crippen molar-refractivity contribution < 1.29 is 14.7 Å². The number of aryl methyl sites for hydroxylation is 2. The molecule has 0 saturated carbocycles. The molecular formula is C26H25N3O3. The first kappa shape index (κ1) is 21.3. The first-order valence-electron chi connectivity index (χ1n) is 10.4. The van der Waals surface area contributed by atoms with E-state index in [1.165, 1.54) is 4.90 Å². The van der Waals surface area contributed by atoms with Crippen molar-refractivity contribution >= 4 is 28.8 Å². The van der Waals surface area contributed by atoms with Gasteiger partial charge >= 0.3 is 0 Å². The molecule has 3 aromatic rings. The lowest BCUT2D eigenvalue weighted by atomic mass is 9.94. The zero-order valence-electron chi connectivity index (χ0n) is 18.5. The monoisotopic (exact) mass is 427 g/mol. The Morgan fingerprint density at radius 3 is 2.19 bits per heavy atom. The standard InChI is InChI=1S/C26H25N3O3/c1-16-5-6-19(15-17(16)2)24(30)22-23(18-11-13-27-14-12-18)29(26(32)25(22)31)21-9-7-20(8-10-21)28(3)4/h5-15,23,30H,1-4H3/b24-22-. The van der Waals surface area contributed by atoms with Gasteiger partial charge in [-0.2, -0.15) is 0 Å². The summed E-state index contributed by atoms with van der Waals surface area (Å²) in [6, 6.07) is 15.6. The van der Waals surface area contributed by atoms with Gasteiger partial charge in [-0.3, -0.25) is 19.5 Å². The van der Waals surface area contributed by atoms with E-state index in [2.05, 4.69) is 4.98 Å². The van der Waals surface area contributed by atoms with Crippen LogP contribution in [0.4, 0.5) is 11.4 Å². The Bertz CT molecular complexity index is 1210. The van der Waals surface area contributed by atoms with Crippen LogP contribution in [0.3, 0.4) is 0 Å². The molecule has 1 saturated heterocycles. The summed E-state index contributed by atoms with van der Waals surface area (Å²) in [4.78, 5) is 33.8. The molecule has 0 aliphatic carbocycles. The molecule has 2 heterocycles. The molecule has 0 radical (unpaired) electrons. The molecule has 6 heteroatoms. The van der Waals surface area contributed by atoms with Crippen molar-refractivity contribution in [3.8, 4) is 0 Å². The summed E-state index contributed by atoms with van der Waals surface area (Å²) < 4.78 is 0. The van der Waals surface area contributed by atoms with Crippen molar-refractivity contribution in [2.75, 3.05) is 23.9 Å². The first-order chi connectivity index (χ1) is 15.3. The van der Waals surface area contributed by atoms with Crippen LogP contribution in [-0.4, -0.2) is 35.9 Å². The van der Waals surface area contributed by atoms with E-state index < -0.39 is 17.7 Å². The van der Waals surface area contributed by atoms with E-state index >= 15 is 0 Å². The van der Waals surface area contributed by atoms with Gasteiger partial charge < -0.3 is 10.0 Å². The zero-order valence-corrected chi connectivity index (χ0v) is 18.5. The van der Waals surface area contributed by atoms with Gasteiger partial charge in [0.2, 0.25) is 0 Å². The van der Waals surface area contributed by atoms with Crippen LogP contribution in [0.1, 0.15) is 28.3 Å². The maximum absolute atomic E-state index is 13.2. The van der Waals surface area contributed by atoms with Gasteiger partial charge in [-0.1, -0.05) is 12.1 Å². The highest BCUT2D eigenvalue weighted by Crippen LogP contribution is 2.42. The summed E-state index contributed by atoms with van der Waals surface area (Å²) in [5.41, 5.74) is 4.90. The van der Waals surface area contributed by atoms with Crippen molar-refractivity contribution in [2.45, 2.75) is 19.9 Å². The molecule has 32 heavy (non-hydrogen) atoms. The highest BCUT2D eigenvalue weighted by molar-refractivity contribution is 6.51. The Hall–Kier alpha value is -3.93. The van der Waals surface area contributed by atoms with Gasteiger partial charge in [0.15, 0.2) is 0 Å². The number of amides is 1. The molecule has 1 unspecified atom stereocenters. The number of anilines is 2. The van der Waals surface area contributed by atoms with E-state index in [1.54, 1.807) is 30.6 Å². The summed E-state index contributed by atoms with van der Waals surface area (Å²) in [7, 11) is 3.86. The van der Waals surface area contributed by atoms with E-state index in [-0.39, 0.29) is 11.3 Å². The Kier molecular flexibility index (Phi) is 5.53. The third kappa shape index (κ3) is 3.64. The van der Waals surface area contributed by atoms with Crippen LogP contribution in [0.2, 0.25) is 0 Å². The Balaban J connectivity index is 1.90. The topological polar surface area (TPSA) is 73.7 Å². The molecule has 1 atom stereocenters. The number of ketones is 1. The quantitative estimate of drug-likeness (QED) is 0.380. The molecule has 1 aromatic heterocycles. The Morgan fingerprint density at radius 1 is 0.938 bits per heavy atom. The lowest BCUT2D eigenvalue weighted by molar-refractivity contribution is -0.132. The lowest BCUT2D eigenvalue weighted by Crippen LogP contribution is -2.29. The molecular weight excluding hydrogens is 402 g/mol. The van der Waals surface area contributed by atoms with Crippen LogP contribution in [0.15, 0.2) is 72.6 Å². The molecule has 1 fully saturated rings. The van der Waals surface area contributed by atoms with Gasteiger partial charge in [-0.15, -0.1) is 0 Å². The first-order valence-corrected chi connectivity index (χ1v) is 10.4. The Morgan fingerprint density at radius 2 is 1.59 bits per heavy atom. The average Bonchev–Trinajstić information content (AvgIpc) is 3.06. The number of benzene rings is 2. The summed E-state index contributed by atoms with van der Waals surface area (Å²) in [5.74, 6) is -1.56. The van der Waals surface area contributed by atoms with Crippen molar-refractivity contribution in [1.82, 2.24) is 4.98 Å². The van der Waals surface area contributed by atoms with Gasteiger partial charge in [0, 0.05) is 43.4 Å². The third-order valence-electron chi connectivity index (χ3n) is 5.89. The SMILES string of the molecule is Cc1ccc(/C(O)=C2/C(=O)C(=O)N(c3ccc(N(C)C)cc3)C2c2ccncc2)cc1C. The molecule has 1 aliphatic rings. The maximum Gasteiger partial charge on any atom is 0.300 e. The normalized spacial score (nSPS) is 17.6. The molecule has 0 spiro atoms. The largest absolute Gasteiger partial charge is 0.507 e. The van der Waals surface area contributed by atoms with E-state index in [0.717, 1.165) is 16.8 Å². The second-order valence-corrected chi connectivity index (χ2v) is 8.16. The van der Waals surface area contributed by atoms with Gasteiger partial charge in [0.1, 0.15) is 5.76 Å². The fraction of sp³-hybridized carbons (Fsp3) is 0.192. The fourth-order valence-corrected chi connectivity index (χ4v) is 3.92. The minimum atomic E-state index is -0.759. The van der Waals surface area contributed by atoms with Crippen LogP contribution >= 0.6 is 0 Å². The number of hydrogen-bond acceptors (Lipinski definition) is 5. The predicted octanol–water partition coefficient (Wildman–Crippen LogP) is 4.39. The number of aliphatic hydroxyl groups excluding tert-OH is 1. The van der Waals surface area contributed by atoms with Crippen LogP contribution in [0.5, 0.6) is 0 Å². The van der Waals surface area contributed by atoms with Crippen LogP contribution < -0.4 is 9.80 Å². The number of carbonyl (C=O) groups is 2. The number of aromatic nitrogens is 1. The minimum absolute atomic E-state index is 0.0705. The Labute approximate surface area is 187 Å². The van der Waals surface area contributed by atoms with Crippen LogP contribution in [0.25, 0.3) is 5.76 Å². The number of aliphatic hydroxyl groups is 1. The third-order valence-corrected chi connectivity index (χ3v) is 5.89. The molecule has 0 bridgehead atoms. The van der Waals surface area contributed by atoms with E-state index in [4.69, 9.17) is 0 Å². The van der Waals surface area contributed by atoms with Gasteiger partial charge in [0.05, 0.1) is 11.6 Å². The van der Waals surface area contributed by atoms with E-state index in [1.807, 2.05) is 69.2 Å². The molecule has 1 aliphatic heterocycles. The highest BCUT2D eigenvalue weighted by Gasteiger charge is 2.46. The average molecular weight is 428 g/mol. The second-order valence-electron chi connectivity index (χ2n) is 8.16. The van der Waals surface area contributed by atoms with Crippen molar-refractivity contribution in [3.63, 3.8) is 0 Å². The van der Waals surface area contributed by atoms with Gasteiger partial charge in [0.25, 0.3) is 11.7 Å². The van der Waals surface area contributed by atoms with Crippen LogP contribution in [-0.2, 0) is 9.59 Å². The second kappa shape index (κ2) is 8.30. The molecule has 6 nitrogen and oxygen atoms in total. The van der Waals surface area contributed by atoms with Gasteiger partial charge in [-0.25, -0.2) is 0 Å². The molecule has 2 aromatic carbocycles. The molecule has 1 amide bonds. The number of hydrogen-bond donors (Lipinski definition) is 1. The van der Waals surface area contributed by atoms with Crippen molar-refractivity contribution in [3.05, 3.63) is 94.8 Å². The minimum Gasteiger partial charge on any atom is -0.507 e. The van der Waals surface area contributed by atoms with E-state index in [9.17, 15) is 14.7 Å². The van der Waals surface area contributed by atoms with E-state index in [0.29, 0.717) is 16.8 Å². The maximum atomic E-state index is 13.2. The number of pyridine rings is 1. The molecule has 1 N–H and O–H groups in total. The van der Waals surface area contributed by atoms with Crippen LogP contribution in [0, 0.1) is 13.8 Å². The molecule has 162 valence electrons.